The van der Waals surface area contributed by atoms with Crippen molar-refractivity contribution in [3.8, 4) is 0 Å². The summed E-state index contributed by atoms with van der Waals surface area (Å²) in [5.74, 6) is 0.847. The first-order chi connectivity index (χ1) is 6.67. The van der Waals surface area contributed by atoms with Gasteiger partial charge in [0.25, 0.3) is 0 Å². The van der Waals surface area contributed by atoms with Crippen LogP contribution in [-0.2, 0) is 4.79 Å². The highest BCUT2D eigenvalue weighted by Crippen LogP contribution is 2.26. The smallest absolute Gasteiger partial charge is 0.223 e. The van der Waals surface area contributed by atoms with E-state index in [0.29, 0.717) is 5.92 Å². The number of amides is 1. The first-order valence-corrected chi connectivity index (χ1v) is 5.63. The van der Waals surface area contributed by atoms with Crippen molar-refractivity contribution in [3.63, 3.8) is 0 Å². The van der Waals surface area contributed by atoms with Crippen molar-refractivity contribution in [1.29, 1.82) is 0 Å². The Bertz CT molecular complexity index is 184. The summed E-state index contributed by atoms with van der Waals surface area (Å²) < 4.78 is 0. The first-order valence-electron chi connectivity index (χ1n) is 5.63. The van der Waals surface area contributed by atoms with Gasteiger partial charge in [-0.25, -0.2) is 0 Å². The molecule has 1 rings (SSSR count). The van der Waals surface area contributed by atoms with Crippen LogP contribution >= 0.6 is 0 Å². The number of hydrogen-bond acceptors (Lipinski definition) is 2. The lowest BCUT2D eigenvalue weighted by Gasteiger charge is -2.31. The average molecular weight is 199 g/mol. The van der Waals surface area contributed by atoms with Crippen molar-refractivity contribution in [2.24, 2.45) is 11.8 Å². The maximum absolute atomic E-state index is 11.6. The summed E-state index contributed by atoms with van der Waals surface area (Å²) >= 11 is 0. The van der Waals surface area contributed by atoms with E-state index < -0.39 is 0 Å². The molecule has 0 aromatic heterocycles. The summed E-state index contributed by atoms with van der Waals surface area (Å²) in [5, 5.41) is 12.0. The molecule has 82 valence electrons. The van der Waals surface area contributed by atoms with Crippen molar-refractivity contribution >= 4 is 5.91 Å². The number of carbonyl (C=O) groups excluding carboxylic acids is 1. The Hall–Kier alpha value is -0.570. The fourth-order valence-corrected chi connectivity index (χ4v) is 1.92. The van der Waals surface area contributed by atoms with Gasteiger partial charge in [-0.2, -0.15) is 0 Å². The molecule has 1 aliphatic carbocycles. The van der Waals surface area contributed by atoms with Gasteiger partial charge in [0.05, 0.1) is 6.10 Å². The zero-order valence-electron chi connectivity index (χ0n) is 9.12. The zero-order valence-corrected chi connectivity index (χ0v) is 9.12. The second-order valence-corrected chi connectivity index (χ2v) is 4.25. The highest BCUT2D eigenvalue weighted by Gasteiger charge is 2.27. The van der Waals surface area contributed by atoms with Crippen LogP contribution in [0.15, 0.2) is 0 Å². The summed E-state index contributed by atoms with van der Waals surface area (Å²) in [6.07, 6.45) is 3.41. The van der Waals surface area contributed by atoms with Gasteiger partial charge in [-0.1, -0.05) is 13.8 Å². The molecule has 0 radical (unpaired) electrons. The average Bonchev–Trinajstić information content (AvgIpc) is 2.12. The van der Waals surface area contributed by atoms with E-state index in [9.17, 15) is 4.79 Å². The van der Waals surface area contributed by atoms with E-state index in [0.717, 1.165) is 32.2 Å². The molecular weight excluding hydrogens is 178 g/mol. The Labute approximate surface area is 85.9 Å². The van der Waals surface area contributed by atoms with Gasteiger partial charge in [-0.05, 0) is 31.6 Å². The minimum absolute atomic E-state index is 0.120. The van der Waals surface area contributed by atoms with Crippen LogP contribution in [0.25, 0.3) is 0 Å². The highest BCUT2D eigenvalue weighted by atomic mass is 16.3. The SMILES string of the molecule is CCC(CC)C(=O)NCC1CC(O)C1. The van der Waals surface area contributed by atoms with Gasteiger partial charge in [0.1, 0.15) is 0 Å². The molecule has 3 heteroatoms. The van der Waals surface area contributed by atoms with Gasteiger partial charge in [0.15, 0.2) is 0 Å². The molecule has 3 nitrogen and oxygen atoms in total. The fourth-order valence-electron chi connectivity index (χ4n) is 1.92. The minimum Gasteiger partial charge on any atom is -0.393 e. The van der Waals surface area contributed by atoms with Crippen molar-refractivity contribution in [2.45, 2.75) is 45.6 Å². The summed E-state index contributed by atoms with van der Waals surface area (Å²) in [6.45, 7) is 4.83. The Kier molecular flexibility index (Phi) is 4.39. The second-order valence-electron chi connectivity index (χ2n) is 4.25. The van der Waals surface area contributed by atoms with Crippen molar-refractivity contribution in [1.82, 2.24) is 5.32 Å². The lowest BCUT2D eigenvalue weighted by atomic mass is 9.82. The van der Waals surface area contributed by atoms with Gasteiger partial charge in [-0.3, -0.25) is 4.79 Å². The molecular formula is C11H21NO2. The fraction of sp³-hybridized carbons (Fsp3) is 0.909. The predicted octanol–water partition coefficient (Wildman–Crippen LogP) is 1.31. The van der Waals surface area contributed by atoms with E-state index >= 15 is 0 Å². The molecule has 0 aliphatic heterocycles. The number of aliphatic hydroxyl groups is 1. The van der Waals surface area contributed by atoms with E-state index in [4.69, 9.17) is 5.11 Å². The Morgan fingerprint density at radius 1 is 1.43 bits per heavy atom. The van der Waals surface area contributed by atoms with Gasteiger partial charge in [-0.15, -0.1) is 0 Å². The maximum Gasteiger partial charge on any atom is 0.223 e. The van der Waals surface area contributed by atoms with Gasteiger partial charge >= 0.3 is 0 Å². The third kappa shape index (κ3) is 2.98. The Morgan fingerprint density at radius 3 is 2.43 bits per heavy atom. The van der Waals surface area contributed by atoms with E-state index in [1.807, 2.05) is 13.8 Å². The molecule has 0 saturated heterocycles. The monoisotopic (exact) mass is 199 g/mol. The molecule has 1 amide bonds. The maximum atomic E-state index is 11.6. The standard InChI is InChI=1S/C11H21NO2/c1-3-9(4-2)11(14)12-7-8-5-10(13)6-8/h8-10,13H,3-7H2,1-2H3,(H,12,14). The summed E-state index contributed by atoms with van der Waals surface area (Å²) in [5.41, 5.74) is 0. The molecule has 2 N–H and O–H groups in total. The topological polar surface area (TPSA) is 49.3 Å². The van der Waals surface area contributed by atoms with Crippen LogP contribution in [-0.4, -0.2) is 23.7 Å². The molecule has 1 saturated carbocycles. The summed E-state index contributed by atoms with van der Waals surface area (Å²) in [7, 11) is 0. The Balaban J connectivity index is 2.14. The lowest BCUT2D eigenvalue weighted by molar-refractivity contribution is -0.125. The molecule has 0 aromatic rings. The number of carbonyl (C=O) groups is 1. The van der Waals surface area contributed by atoms with E-state index in [2.05, 4.69) is 5.32 Å². The summed E-state index contributed by atoms with van der Waals surface area (Å²) in [4.78, 5) is 11.6. The van der Waals surface area contributed by atoms with Crippen molar-refractivity contribution < 1.29 is 9.90 Å². The van der Waals surface area contributed by atoms with Crippen LogP contribution < -0.4 is 5.32 Å². The van der Waals surface area contributed by atoms with E-state index in [1.165, 1.54) is 0 Å². The van der Waals surface area contributed by atoms with Gasteiger partial charge in [0.2, 0.25) is 5.91 Å². The van der Waals surface area contributed by atoms with Gasteiger partial charge in [0, 0.05) is 12.5 Å². The molecule has 1 fully saturated rings. The first kappa shape index (κ1) is 11.5. The second kappa shape index (κ2) is 5.35. The van der Waals surface area contributed by atoms with E-state index in [1.54, 1.807) is 0 Å². The minimum atomic E-state index is -0.120. The zero-order chi connectivity index (χ0) is 10.6. The number of rotatable bonds is 5. The van der Waals surface area contributed by atoms with Crippen LogP contribution in [0.4, 0.5) is 0 Å². The van der Waals surface area contributed by atoms with Crippen LogP contribution in [0.3, 0.4) is 0 Å². The number of hydrogen-bond donors (Lipinski definition) is 2. The summed E-state index contributed by atoms with van der Waals surface area (Å²) in [6, 6.07) is 0. The lowest BCUT2D eigenvalue weighted by Crippen LogP contribution is -2.40. The molecule has 1 aliphatic rings. The number of aliphatic hydroxyl groups excluding tert-OH is 1. The normalized spacial score (nSPS) is 26.0. The van der Waals surface area contributed by atoms with E-state index in [-0.39, 0.29) is 17.9 Å². The van der Waals surface area contributed by atoms with Crippen molar-refractivity contribution in [2.75, 3.05) is 6.54 Å². The molecule has 0 spiro atoms. The Morgan fingerprint density at radius 2 is 2.00 bits per heavy atom. The number of nitrogens with one attached hydrogen (secondary N) is 1. The van der Waals surface area contributed by atoms with Crippen molar-refractivity contribution in [3.05, 3.63) is 0 Å². The predicted molar refractivity (Wildman–Crippen MR) is 55.8 cm³/mol. The quantitative estimate of drug-likeness (QED) is 0.701. The molecule has 0 unspecified atom stereocenters. The molecule has 0 bridgehead atoms. The third-order valence-corrected chi connectivity index (χ3v) is 3.13. The van der Waals surface area contributed by atoms with Crippen LogP contribution in [0.2, 0.25) is 0 Å². The molecule has 0 atom stereocenters. The van der Waals surface area contributed by atoms with Crippen LogP contribution in [0.5, 0.6) is 0 Å². The largest absolute Gasteiger partial charge is 0.393 e. The third-order valence-electron chi connectivity index (χ3n) is 3.13. The molecule has 0 heterocycles. The van der Waals surface area contributed by atoms with Crippen LogP contribution in [0.1, 0.15) is 39.5 Å². The van der Waals surface area contributed by atoms with Gasteiger partial charge < -0.3 is 10.4 Å². The van der Waals surface area contributed by atoms with Crippen LogP contribution in [0, 0.1) is 11.8 Å². The molecule has 0 aromatic carbocycles. The molecule has 14 heavy (non-hydrogen) atoms. The highest BCUT2D eigenvalue weighted by molar-refractivity contribution is 5.78.